The van der Waals surface area contributed by atoms with Crippen LogP contribution in [-0.2, 0) is 0 Å². The second-order valence-electron chi connectivity index (χ2n) is 3.71. The topological polar surface area (TPSA) is 44.6 Å². The lowest BCUT2D eigenvalue weighted by Gasteiger charge is -2.03. The monoisotopic (exact) mass is 494 g/mol. The first-order valence-electron chi connectivity index (χ1n) is 5.29. The molecule has 0 atom stereocenters. The number of phenolic OH excluding ortho intramolecular Hbond substituents is 1. The third kappa shape index (κ3) is 4.19. The van der Waals surface area contributed by atoms with Gasteiger partial charge in [-0.1, -0.05) is 37.9 Å². The molecule has 6 heteroatoms. The Hall–Kier alpha value is -0.600. The molecule has 2 rings (SSSR count). The summed E-state index contributed by atoms with van der Waals surface area (Å²) in [4.78, 5) is 0. The van der Waals surface area contributed by atoms with Crippen LogP contribution in [0.1, 0.15) is 5.56 Å². The lowest BCUT2D eigenvalue weighted by molar-refractivity contribution is 0.470. The summed E-state index contributed by atoms with van der Waals surface area (Å²) in [5.74, 6) is 0.226. The molecule has 2 N–H and O–H groups in total. The van der Waals surface area contributed by atoms with Gasteiger partial charge < -0.3 is 5.11 Å². The fourth-order valence-corrected chi connectivity index (χ4v) is 3.37. The van der Waals surface area contributed by atoms with E-state index in [4.69, 9.17) is 0 Å². The Bertz CT molecular complexity index is 632. The Morgan fingerprint density at radius 1 is 1.16 bits per heavy atom. The molecule has 0 bridgehead atoms. The average molecular weight is 496 g/mol. The summed E-state index contributed by atoms with van der Waals surface area (Å²) in [5, 5.41) is 14.0. The first kappa shape index (κ1) is 14.8. The Balaban J connectivity index is 2.15. The van der Waals surface area contributed by atoms with Crippen LogP contribution >= 0.6 is 54.5 Å². The van der Waals surface area contributed by atoms with Gasteiger partial charge in [-0.25, -0.2) is 0 Å². The Kier molecular flexibility index (Phi) is 5.23. The van der Waals surface area contributed by atoms with E-state index in [1.165, 1.54) is 0 Å². The molecule has 0 aliphatic rings. The second kappa shape index (κ2) is 6.71. The summed E-state index contributed by atoms with van der Waals surface area (Å²) in [6.45, 7) is 0. The molecule has 0 heterocycles. The summed E-state index contributed by atoms with van der Waals surface area (Å²) in [7, 11) is 0. The maximum atomic E-state index is 9.91. The van der Waals surface area contributed by atoms with Crippen molar-refractivity contribution in [3.8, 4) is 5.75 Å². The van der Waals surface area contributed by atoms with Gasteiger partial charge in [0.25, 0.3) is 0 Å². The third-order valence-electron chi connectivity index (χ3n) is 2.28. The molecule has 19 heavy (non-hydrogen) atoms. The Morgan fingerprint density at radius 3 is 2.68 bits per heavy atom. The predicted octanol–water partition coefficient (Wildman–Crippen LogP) is 4.97. The van der Waals surface area contributed by atoms with Crippen LogP contribution in [-0.4, -0.2) is 11.3 Å². The fourth-order valence-electron chi connectivity index (χ4n) is 1.42. The van der Waals surface area contributed by atoms with E-state index in [0.717, 1.165) is 18.2 Å². The molecule has 0 aromatic heterocycles. The van der Waals surface area contributed by atoms with Gasteiger partial charge in [0.05, 0.1) is 15.5 Å². The SMILES string of the molecule is Oc1c(I)cc(Br)cc1C=NNc1cccc(Br)c1. The number of nitrogens with one attached hydrogen (secondary N) is 1. The first-order chi connectivity index (χ1) is 9.06. The minimum Gasteiger partial charge on any atom is -0.506 e. The number of nitrogens with zero attached hydrogens (tertiary/aromatic N) is 1. The quantitative estimate of drug-likeness (QED) is 0.359. The smallest absolute Gasteiger partial charge is 0.137 e. The van der Waals surface area contributed by atoms with Crippen molar-refractivity contribution in [2.75, 3.05) is 5.43 Å². The lowest BCUT2D eigenvalue weighted by Crippen LogP contribution is -1.92. The van der Waals surface area contributed by atoms with E-state index in [1.807, 2.05) is 36.4 Å². The van der Waals surface area contributed by atoms with Crippen LogP contribution in [0, 0.1) is 3.57 Å². The predicted molar refractivity (Wildman–Crippen MR) is 93.9 cm³/mol. The van der Waals surface area contributed by atoms with Crippen LogP contribution in [0.25, 0.3) is 0 Å². The van der Waals surface area contributed by atoms with Crippen molar-refractivity contribution < 1.29 is 5.11 Å². The largest absolute Gasteiger partial charge is 0.506 e. The highest BCUT2D eigenvalue weighted by Crippen LogP contribution is 2.27. The molecule has 0 saturated heterocycles. The van der Waals surface area contributed by atoms with Crippen molar-refractivity contribution >= 4 is 66.4 Å². The number of hydrazone groups is 1. The zero-order valence-electron chi connectivity index (χ0n) is 9.57. The normalized spacial score (nSPS) is 10.9. The van der Waals surface area contributed by atoms with Crippen molar-refractivity contribution in [2.24, 2.45) is 5.10 Å². The van der Waals surface area contributed by atoms with Crippen LogP contribution in [0.15, 0.2) is 50.4 Å². The molecule has 0 fully saturated rings. The van der Waals surface area contributed by atoms with E-state index in [1.54, 1.807) is 6.21 Å². The number of benzene rings is 2. The number of hydrogen-bond donors (Lipinski definition) is 2. The molecule has 0 spiro atoms. The Labute approximate surface area is 141 Å². The number of anilines is 1. The van der Waals surface area contributed by atoms with Gasteiger partial charge in [-0.2, -0.15) is 5.10 Å². The maximum Gasteiger partial charge on any atom is 0.137 e. The first-order valence-corrected chi connectivity index (χ1v) is 7.95. The molecule has 0 unspecified atom stereocenters. The standard InChI is InChI=1S/C13H9Br2IN2O/c14-9-2-1-3-11(5-9)18-17-7-8-4-10(15)6-12(16)13(8)19/h1-7,18-19H. The summed E-state index contributed by atoms with van der Waals surface area (Å²) in [6.07, 6.45) is 1.59. The highest BCUT2D eigenvalue weighted by Gasteiger charge is 2.04. The van der Waals surface area contributed by atoms with E-state index in [2.05, 4.69) is 65.0 Å². The van der Waals surface area contributed by atoms with Crippen LogP contribution in [0.4, 0.5) is 5.69 Å². The molecule has 0 aliphatic carbocycles. The summed E-state index contributed by atoms with van der Waals surface area (Å²) in [6, 6.07) is 11.3. The van der Waals surface area contributed by atoms with Gasteiger partial charge in [0.15, 0.2) is 0 Å². The van der Waals surface area contributed by atoms with Crippen LogP contribution in [0.2, 0.25) is 0 Å². The molecule has 0 amide bonds. The minimum atomic E-state index is 0.226. The van der Waals surface area contributed by atoms with Crippen LogP contribution in [0.5, 0.6) is 5.75 Å². The van der Waals surface area contributed by atoms with E-state index in [0.29, 0.717) is 5.56 Å². The van der Waals surface area contributed by atoms with E-state index < -0.39 is 0 Å². The average Bonchev–Trinajstić information content (AvgIpc) is 2.35. The van der Waals surface area contributed by atoms with E-state index in [-0.39, 0.29) is 5.75 Å². The molecule has 2 aromatic carbocycles. The maximum absolute atomic E-state index is 9.91. The zero-order chi connectivity index (χ0) is 13.8. The van der Waals surface area contributed by atoms with Gasteiger partial charge in [0.2, 0.25) is 0 Å². The molecule has 3 nitrogen and oxygen atoms in total. The van der Waals surface area contributed by atoms with Crippen LogP contribution < -0.4 is 5.43 Å². The second-order valence-corrected chi connectivity index (χ2v) is 6.70. The van der Waals surface area contributed by atoms with Gasteiger partial charge >= 0.3 is 0 Å². The van der Waals surface area contributed by atoms with Crippen molar-refractivity contribution in [1.29, 1.82) is 0 Å². The van der Waals surface area contributed by atoms with Gasteiger partial charge in [0, 0.05) is 14.5 Å². The number of rotatable bonds is 3. The summed E-state index contributed by atoms with van der Waals surface area (Å²) < 4.78 is 2.65. The van der Waals surface area contributed by atoms with E-state index in [9.17, 15) is 5.11 Å². The summed E-state index contributed by atoms with van der Waals surface area (Å²) >= 11 is 8.85. The highest BCUT2D eigenvalue weighted by atomic mass is 127. The molecule has 0 radical (unpaired) electrons. The van der Waals surface area contributed by atoms with Crippen molar-refractivity contribution in [3.05, 3.63) is 54.5 Å². The van der Waals surface area contributed by atoms with Gasteiger partial charge in [-0.15, -0.1) is 0 Å². The zero-order valence-corrected chi connectivity index (χ0v) is 14.9. The van der Waals surface area contributed by atoms with E-state index >= 15 is 0 Å². The van der Waals surface area contributed by atoms with Gasteiger partial charge in [-0.05, 0) is 52.9 Å². The highest BCUT2D eigenvalue weighted by molar-refractivity contribution is 14.1. The minimum absolute atomic E-state index is 0.226. The Morgan fingerprint density at radius 2 is 1.95 bits per heavy atom. The van der Waals surface area contributed by atoms with Crippen molar-refractivity contribution in [1.82, 2.24) is 0 Å². The lowest BCUT2D eigenvalue weighted by atomic mass is 10.2. The summed E-state index contributed by atoms with van der Waals surface area (Å²) in [5.41, 5.74) is 4.43. The fraction of sp³-hybridized carbons (Fsp3) is 0. The molecular weight excluding hydrogens is 487 g/mol. The van der Waals surface area contributed by atoms with Gasteiger partial charge in [-0.3, -0.25) is 5.43 Å². The molecular formula is C13H9Br2IN2O. The molecule has 2 aromatic rings. The van der Waals surface area contributed by atoms with Crippen molar-refractivity contribution in [2.45, 2.75) is 0 Å². The molecule has 0 aliphatic heterocycles. The van der Waals surface area contributed by atoms with Crippen molar-refractivity contribution in [3.63, 3.8) is 0 Å². The number of phenols is 1. The number of halogens is 3. The van der Waals surface area contributed by atoms with Crippen LogP contribution in [0.3, 0.4) is 0 Å². The number of hydrogen-bond acceptors (Lipinski definition) is 3. The van der Waals surface area contributed by atoms with Gasteiger partial charge in [0.1, 0.15) is 5.75 Å². The third-order valence-corrected chi connectivity index (χ3v) is 4.05. The molecule has 98 valence electrons. The molecule has 0 saturated carbocycles. The number of aromatic hydroxyl groups is 1.